The minimum Gasteiger partial charge on any atom is -0.478 e. The fraction of sp³-hybridized carbons (Fsp3) is 0.154. The van der Waals surface area contributed by atoms with Crippen LogP contribution in [0.5, 0.6) is 0 Å². The normalized spacial score (nSPS) is 12.0. The zero-order chi connectivity index (χ0) is 22.1. The molecule has 4 aromatic rings. The van der Waals surface area contributed by atoms with Gasteiger partial charge in [-0.15, -0.1) is 0 Å². The van der Waals surface area contributed by atoms with Gasteiger partial charge in [-0.1, -0.05) is 48.0 Å². The average molecular weight is 413 g/mol. The van der Waals surface area contributed by atoms with Crippen LogP contribution in [-0.4, -0.2) is 11.1 Å². The van der Waals surface area contributed by atoms with Crippen LogP contribution in [-0.2, 0) is 0 Å². The Bertz CT molecular complexity index is 1340. The predicted octanol–water partition coefficient (Wildman–Crippen LogP) is 5.95. The standard InChI is InChI=1S/C26H23NO4/c1-15-8-10-18(11-9-15)24-14-23(28)21-13-16(2)12-20(25(21)31-24)17(3)27-22-7-5-4-6-19(22)26(29)30/h4-14,17,27H,1-3H3,(H,29,30). The van der Waals surface area contributed by atoms with Gasteiger partial charge in [-0.3, -0.25) is 4.79 Å². The van der Waals surface area contributed by atoms with Gasteiger partial charge >= 0.3 is 5.97 Å². The van der Waals surface area contributed by atoms with Gasteiger partial charge in [-0.25, -0.2) is 4.79 Å². The summed E-state index contributed by atoms with van der Waals surface area (Å²) in [5, 5.41) is 13.3. The minimum atomic E-state index is -1.00. The second-order valence-corrected chi connectivity index (χ2v) is 7.79. The summed E-state index contributed by atoms with van der Waals surface area (Å²) in [5.74, 6) is -0.502. The van der Waals surface area contributed by atoms with Gasteiger partial charge in [0, 0.05) is 22.9 Å². The molecule has 0 aliphatic carbocycles. The molecular weight excluding hydrogens is 390 g/mol. The van der Waals surface area contributed by atoms with E-state index < -0.39 is 5.97 Å². The van der Waals surface area contributed by atoms with Crippen molar-refractivity contribution < 1.29 is 14.3 Å². The maximum absolute atomic E-state index is 12.9. The summed E-state index contributed by atoms with van der Waals surface area (Å²) in [5.41, 5.74) is 4.76. The number of benzene rings is 3. The lowest BCUT2D eigenvalue weighted by atomic mass is 10.00. The van der Waals surface area contributed by atoms with E-state index in [9.17, 15) is 14.7 Å². The number of anilines is 1. The first kappa shape index (κ1) is 20.4. The van der Waals surface area contributed by atoms with Crippen LogP contribution >= 0.6 is 0 Å². The van der Waals surface area contributed by atoms with Crippen LogP contribution in [0.1, 0.15) is 40.0 Å². The van der Waals surface area contributed by atoms with Crippen LogP contribution in [0.3, 0.4) is 0 Å². The Hall–Kier alpha value is -3.86. The topological polar surface area (TPSA) is 79.5 Å². The lowest BCUT2D eigenvalue weighted by Crippen LogP contribution is -2.12. The van der Waals surface area contributed by atoms with Crippen LogP contribution in [0.15, 0.2) is 75.9 Å². The highest BCUT2D eigenvalue weighted by molar-refractivity contribution is 5.94. The largest absolute Gasteiger partial charge is 0.478 e. The maximum atomic E-state index is 12.9. The van der Waals surface area contributed by atoms with Gasteiger partial charge in [-0.05, 0) is 44.5 Å². The lowest BCUT2D eigenvalue weighted by Gasteiger charge is -2.19. The minimum absolute atomic E-state index is 0.111. The number of rotatable bonds is 5. The molecule has 0 amide bonds. The molecule has 5 heteroatoms. The average Bonchev–Trinajstić information content (AvgIpc) is 2.74. The summed E-state index contributed by atoms with van der Waals surface area (Å²) < 4.78 is 6.23. The van der Waals surface area contributed by atoms with Crippen LogP contribution in [0, 0.1) is 13.8 Å². The Labute approximate surface area is 180 Å². The number of carboxylic acids is 1. The first-order valence-electron chi connectivity index (χ1n) is 10.1. The van der Waals surface area contributed by atoms with Crippen molar-refractivity contribution in [3.63, 3.8) is 0 Å². The summed E-state index contributed by atoms with van der Waals surface area (Å²) in [6, 6.07) is 19.6. The Morgan fingerprint density at radius 1 is 0.968 bits per heavy atom. The number of para-hydroxylation sites is 1. The molecule has 1 aromatic heterocycles. The van der Waals surface area contributed by atoms with E-state index in [1.54, 1.807) is 24.3 Å². The molecule has 4 rings (SSSR count). The highest BCUT2D eigenvalue weighted by Gasteiger charge is 2.18. The number of hydrogen-bond acceptors (Lipinski definition) is 4. The van der Waals surface area contributed by atoms with Crippen molar-refractivity contribution in [2.24, 2.45) is 0 Å². The summed E-state index contributed by atoms with van der Waals surface area (Å²) in [6.45, 7) is 5.85. The van der Waals surface area contributed by atoms with E-state index in [4.69, 9.17) is 4.42 Å². The van der Waals surface area contributed by atoms with Gasteiger partial charge in [0.25, 0.3) is 0 Å². The van der Waals surface area contributed by atoms with E-state index in [1.165, 1.54) is 6.07 Å². The number of nitrogens with one attached hydrogen (secondary N) is 1. The van der Waals surface area contributed by atoms with Crippen molar-refractivity contribution in [3.05, 3.63) is 99.2 Å². The molecule has 3 aromatic carbocycles. The zero-order valence-corrected chi connectivity index (χ0v) is 17.6. The molecule has 0 radical (unpaired) electrons. The first-order chi connectivity index (χ1) is 14.8. The Morgan fingerprint density at radius 3 is 2.39 bits per heavy atom. The molecule has 0 saturated heterocycles. The molecular formula is C26H23NO4. The van der Waals surface area contributed by atoms with Crippen molar-refractivity contribution in [1.82, 2.24) is 0 Å². The number of fused-ring (bicyclic) bond motifs is 1. The third-order valence-electron chi connectivity index (χ3n) is 5.33. The molecule has 0 fully saturated rings. The number of aromatic carboxylic acids is 1. The highest BCUT2D eigenvalue weighted by atomic mass is 16.4. The maximum Gasteiger partial charge on any atom is 0.337 e. The molecule has 1 unspecified atom stereocenters. The van der Waals surface area contributed by atoms with Crippen LogP contribution < -0.4 is 10.7 Å². The molecule has 5 nitrogen and oxygen atoms in total. The number of hydrogen-bond donors (Lipinski definition) is 2. The Kier molecular flexibility index (Phi) is 5.34. The fourth-order valence-corrected chi connectivity index (χ4v) is 3.72. The first-order valence-corrected chi connectivity index (χ1v) is 10.1. The smallest absolute Gasteiger partial charge is 0.337 e. The molecule has 0 aliphatic rings. The summed E-state index contributed by atoms with van der Waals surface area (Å²) in [6.07, 6.45) is 0. The lowest BCUT2D eigenvalue weighted by molar-refractivity contribution is 0.0698. The van der Waals surface area contributed by atoms with E-state index in [2.05, 4.69) is 5.32 Å². The molecule has 0 spiro atoms. The molecule has 0 saturated carbocycles. The third-order valence-corrected chi connectivity index (χ3v) is 5.33. The SMILES string of the molecule is Cc1ccc(-c2cc(=O)c3cc(C)cc(C(C)Nc4ccccc4C(=O)O)c3o2)cc1. The predicted molar refractivity (Wildman–Crippen MR) is 123 cm³/mol. The number of aryl methyl sites for hydroxylation is 2. The van der Waals surface area contributed by atoms with Crippen molar-refractivity contribution >= 4 is 22.6 Å². The van der Waals surface area contributed by atoms with Crippen LogP contribution in [0.4, 0.5) is 5.69 Å². The molecule has 156 valence electrons. The van der Waals surface area contributed by atoms with Crippen molar-refractivity contribution in [2.45, 2.75) is 26.8 Å². The van der Waals surface area contributed by atoms with E-state index >= 15 is 0 Å². The van der Waals surface area contributed by atoms with E-state index in [-0.39, 0.29) is 17.0 Å². The molecule has 1 atom stereocenters. The van der Waals surface area contributed by atoms with Gasteiger partial charge in [0.1, 0.15) is 11.3 Å². The molecule has 1 heterocycles. The molecule has 0 bridgehead atoms. The second-order valence-electron chi connectivity index (χ2n) is 7.79. The van der Waals surface area contributed by atoms with E-state index in [1.807, 2.05) is 57.2 Å². The number of carboxylic acid groups (broad SMARTS) is 1. The van der Waals surface area contributed by atoms with Crippen LogP contribution in [0.2, 0.25) is 0 Å². The quantitative estimate of drug-likeness (QED) is 0.423. The van der Waals surface area contributed by atoms with Crippen LogP contribution in [0.25, 0.3) is 22.3 Å². The van der Waals surface area contributed by atoms with E-state index in [0.29, 0.717) is 22.4 Å². The zero-order valence-electron chi connectivity index (χ0n) is 17.6. The van der Waals surface area contributed by atoms with Crippen molar-refractivity contribution in [2.75, 3.05) is 5.32 Å². The summed E-state index contributed by atoms with van der Waals surface area (Å²) in [4.78, 5) is 24.5. The Balaban J connectivity index is 1.84. The van der Waals surface area contributed by atoms with Gasteiger partial charge < -0.3 is 14.8 Å². The van der Waals surface area contributed by atoms with Crippen molar-refractivity contribution in [1.29, 1.82) is 0 Å². The third kappa shape index (κ3) is 4.08. The van der Waals surface area contributed by atoms with Gasteiger partial charge in [0.15, 0.2) is 5.43 Å². The van der Waals surface area contributed by atoms with Crippen molar-refractivity contribution in [3.8, 4) is 11.3 Å². The summed E-state index contributed by atoms with van der Waals surface area (Å²) >= 11 is 0. The van der Waals surface area contributed by atoms with Gasteiger partial charge in [0.2, 0.25) is 0 Å². The second kappa shape index (κ2) is 8.11. The molecule has 31 heavy (non-hydrogen) atoms. The molecule has 0 aliphatic heterocycles. The fourth-order valence-electron chi connectivity index (χ4n) is 3.72. The van der Waals surface area contributed by atoms with E-state index in [0.717, 1.165) is 22.3 Å². The van der Waals surface area contributed by atoms with Gasteiger partial charge in [0.05, 0.1) is 17.0 Å². The number of carbonyl (C=O) groups is 1. The highest BCUT2D eigenvalue weighted by Crippen LogP contribution is 2.31. The summed E-state index contributed by atoms with van der Waals surface area (Å²) in [7, 11) is 0. The Morgan fingerprint density at radius 2 is 1.68 bits per heavy atom. The molecule has 2 N–H and O–H groups in total. The monoisotopic (exact) mass is 413 g/mol. The van der Waals surface area contributed by atoms with Gasteiger partial charge in [-0.2, -0.15) is 0 Å².